The van der Waals surface area contributed by atoms with E-state index in [9.17, 15) is 18.0 Å². The molecule has 8 nitrogen and oxygen atoms in total. The number of amides is 2. The molecule has 214 valence electrons. The summed E-state index contributed by atoms with van der Waals surface area (Å²) in [5.74, 6) is -0.259. The van der Waals surface area contributed by atoms with Crippen LogP contribution < -0.4 is 14.4 Å². The summed E-state index contributed by atoms with van der Waals surface area (Å²) in [6.07, 6.45) is 1.63. The minimum atomic E-state index is -4.19. The fourth-order valence-corrected chi connectivity index (χ4v) is 5.89. The molecule has 3 aromatic carbocycles. The monoisotopic (exact) mass is 585 g/mol. The third kappa shape index (κ3) is 7.99. The smallest absolute Gasteiger partial charge is 0.264 e. The molecule has 0 aromatic heterocycles. The average Bonchev–Trinajstić information content (AvgIpc) is 2.97. The van der Waals surface area contributed by atoms with E-state index in [1.165, 1.54) is 30.2 Å². The van der Waals surface area contributed by atoms with Crippen molar-refractivity contribution in [3.05, 3.63) is 89.4 Å². The van der Waals surface area contributed by atoms with Gasteiger partial charge in [-0.1, -0.05) is 61.8 Å². The Morgan fingerprint density at radius 1 is 0.975 bits per heavy atom. The normalized spacial score (nSPS) is 11.9. The molecule has 3 rings (SSSR count). The van der Waals surface area contributed by atoms with Gasteiger partial charge in [-0.15, -0.1) is 0 Å². The number of hydrogen-bond acceptors (Lipinski definition) is 5. The van der Waals surface area contributed by atoms with Crippen molar-refractivity contribution in [3.8, 4) is 5.75 Å². The van der Waals surface area contributed by atoms with Gasteiger partial charge in [0, 0.05) is 18.1 Å². The number of nitrogens with one attached hydrogen (secondary N) is 1. The van der Waals surface area contributed by atoms with Crippen molar-refractivity contribution in [2.75, 3.05) is 31.0 Å². The summed E-state index contributed by atoms with van der Waals surface area (Å²) in [6, 6.07) is 21.2. The summed E-state index contributed by atoms with van der Waals surface area (Å²) in [4.78, 5) is 28.6. The molecule has 1 unspecified atom stereocenters. The van der Waals surface area contributed by atoms with Crippen molar-refractivity contribution in [1.29, 1.82) is 0 Å². The van der Waals surface area contributed by atoms with E-state index in [-0.39, 0.29) is 23.0 Å². The number of nitrogens with zero attached hydrogens (tertiary/aromatic N) is 2. The molecule has 0 aliphatic carbocycles. The lowest BCUT2D eigenvalue weighted by Crippen LogP contribution is -2.53. The summed E-state index contributed by atoms with van der Waals surface area (Å²) < 4.78 is 34.0. The third-order valence-corrected chi connectivity index (χ3v) is 8.47. The van der Waals surface area contributed by atoms with Gasteiger partial charge in [-0.3, -0.25) is 13.9 Å². The van der Waals surface area contributed by atoms with Crippen LogP contribution in [-0.4, -0.2) is 57.9 Å². The largest absolute Gasteiger partial charge is 0.497 e. The molecule has 10 heteroatoms. The number of rotatable bonds is 14. The fraction of sp³-hybridized carbons (Fsp3) is 0.333. The van der Waals surface area contributed by atoms with Crippen molar-refractivity contribution in [1.82, 2.24) is 10.2 Å². The summed E-state index contributed by atoms with van der Waals surface area (Å²) in [5, 5.41) is 3.21. The molecule has 40 heavy (non-hydrogen) atoms. The lowest BCUT2D eigenvalue weighted by molar-refractivity contribution is -0.139. The van der Waals surface area contributed by atoms with E-state index in [1.807, 2.05) is 44.2 Å². The van der Waals surface area contributed by atoms with Crippen molar-refractivity contribution >= 4 is 39.1 Å². The van der Waals surface area contributed by atoms with Gasteiger partial charge in [-0.2, -0.15) is 0 Å². The zero-order valence-electron chi connectivity index (χ0n) is 23.0. The first kappa shape index (κ1) is 31.0. The van der Waals surface area contributed by atoms with E-state index >= 15 is 0 Å². The Labute approximate surface area is 241 Å². The Kier molecular flexibility index (Phi) is 11.4. The van der Waals surface area contributed by atoms with Gasteiger partial charge in [0.2, 0.25) is 11.8 Å². The SMILES string of the molecule is CCCNC(=O)C(CC)N(CCc1ccccc1)C(=O)CN(c1cccc(Cl)c1)S(=O)(=O)c1ccc(OC)cc1. The summed E-state index contributed by atoms with van der Waals surface area (Å²) >= 11 is 6.22. The van der Waals surface area contributed by atoms with Crippen LogP contribution in [0.3, 0.4) is 0 Å². The van der Waals surface area contributed by atoms with E-state index in [0.29, 0.717) is 30.2 Å². The second kappa shape index (κ2) is 14.7. The average molecular weight is 586 g/mol. The second-order valence-corrected chi connectivity index (χ2v) is 11.5. The lowest BCUT2D eigenvalue weighted by Gasteiger charge is -2.33. The van der Waals surface area contributed by atoms with Gasteiger partial charge in [-0.05, 0) is 67.3 Å². The Morgan fingerprint density at radius 2 is 1.68 bits per heavy atom. The van der Waals surface area contributed by atoms with Gasteiger partial charge in [-0.25, -0.2) is 8.42 Å². The summed E-state index contributed by atoms with van der Waals surface area (Å²) in [6.45, 7) is 4.00. The van der Waals surface area contributed by atoms with E-state index in [4.69, 9.17) is 16.3 Å². The molecule has 0 fully saturated rings. The number of benzene rings is 3. The lowest BCUT2D eigenvalue weighted by atomic mass is 10.1. The van der Waals surface area contributed by atoms with Crippen molar-refractivity contribution < 1.29 is 22.7 Å². The van der Waals surface area contributed by atoms with Gasteiger partial charge in [0.1, 0.15) is 18.3 Å². The van der Waals surface area contributed by atoms with Gasteiger partial charge in [0.15, 0.2) is 0 Å². The van der Waals surface area contributed by atoms with Gasteiger partial charge < -0.3 is 15.0 Å². The summed E-state index contributed by atoms with van der Waals surface area (Å²) in [5.41, 5.74) is 1.24. The predicted octanol–water partition coefficient (Wildman–Crippen LogP) is 4.92. The maximum absolute atomic E-state index is 14.0. The summed E-state index contributed by atoms with van der Waals surface area (Å²) in [7, 11) is -2.70. The number of ether oxygens (including phenoxy) is 1. The number of anilines is 1. The van der Waals surface area contributed by atoms with Crippen molar-refractivity contribution in [2.24, 2.45) is 0 Å². The van der Waals surface area contributed by atoms with E-state index in [0.717, 1.165) is 16.3 Å². The minimum Gasteiger partial charge on any atom is -0.497 e. The molecule has 0 saturated heterocycles. The molecular weight excluding hydrogens is 550 g/mol. The second-order valence-electron chi connectivity index (χ2n) is 9.20. The van der Waals surface area contributed by atoms with Crippen LogP contribution in [0.5, 0.6) is 5.75 Å². The maximum Gasteiger partial charge on any atom is 0.264 e. The van der Waals surface area contributed by atoms with Crippen molar-refractivity contribution in [2.45, 2.75) is 44.0 Å². The van der Waals surface area contributed by atoms with E-state index in [2.05, 4.69) is 5.32 Å². The van der Waals surface area contributed by atoms with Crippen LogP contribution in [0.25, 0.3) is 0 Å². The van der Waals surface area contributed by atoms with Crippen LogP contribution in [0.4, 0.5) is 5.69 Å². The van der Waals surface area contributed by atoms with Crippen LogP contribution >= 0.6 is 11.6 Å². The molecule has 0 aliphatic heterocycles. The fourth-order valence-electron chi connectivity index (χ4n) is 4.30. The van der Waals surface area contributed by atoms with Gasteiger partial charge in [0.05, 0.1) is 17.7 Å². The Morgan fingerprint density at radius 3 is 2.27 bits per heavy atom. The number of sulfonamides is 1. The quantitative estimate of drug-likeness (QED) is 0.290. The van der Waals surface area contributed by atoms with E-state index < -0.39 is 28.5 Å². The number of methoxy groups -OCH3 is 1. The van der Waals surface area contributed by atoms with Crippen molar-refractivity contribution in [3.63, 3.8) is 0 Å². The molecule has 0 saturated carbocycles. The molecule has 1 N–H and O–H groups in total. The molecule has 2 amide bonds. The van der Waals surface area contributed by atoms with Crippen LogP contribution in [0.2, 0.25) is 5.02 Å². The maximum atomic E-state index is 14.0. The number of halogens is 1. The standard InChI is InChI=1S/C30H36ClN3O5S/c1-4-19-32-30(36)28(5-2)33(20-18-23-10-7-6-8-11-23)29(35)22-34(25-13-9-12-24(31)21-25)40(37,38)27-16-14-26(39-3)15-17-27/h6-17,21,28H,4-5,18-20,22H2,1-3H3,(H,32,36). The highest BCUT2D eigenvalue weighted by molar-refractivity contribution is 7.92. The topological polar surface area (TPSA) is 96.0 Å². The highest BCUT2D eigenvalue weighted by Gasteiger charge is 2.33. The third-order valence-electron chi connectivity index (χ3n) is 6.44. The molecule has 0 heterocycles. The molecule has 0 spiro atoms. The van der Waals surface area contributed by atoms with Gasteiger partial charge in [0.25, 0.3) is 10.0 Å². The first-order chi connectivity index (χ1) is 19.2. The molecule has 1 atom stereocenters. The van der Waals surface area contributed by atoms with Crippen LogP contribution in [-0.2, 0) is 26.0 Å². The molecule has 0 bridgehead atoms. The Balaban J connectivity index is 2.00. The molecule has 0 aliphatic rings. The predicted molar refractivity (Wildman–Crippen MR) is 158 cm³/mol. The van der Waals surface area contributed by atoms with Gasteiger partial charge >= 0.3 is 0 Å². The van der Waals surface area contributed by atoms with Crippen LogP contribution in [0.1, 0.15) is 32.3 Å². The first-order valence-electron chi connectivity index (χ1n) is 13.2. The first-order valence-corrected chi connectivity index (χ1v) is 15.1. The van der Waals surface area contributed by atoms with Crippen LogP contribution in [0, 0.1) is 0 Å². The number of carbonyl (C=O) groups excluding carboxylic acids is 2. The number of hydrogen-bond donors (Lipinski definition) is 1. The highest BCUT2D eigenvalue weighted by atomic mass is 35.5. The number of carbonyl (C=O) groups is 2. The molecular formula is C30H36ClN3O5S. The molecule has 0 radical (unpaired) electrons. The Bertz CT molecular complexity index is 1370. The van der Waals surface area contributed by atoms with Crippen LogP contribution in [0.15, 0.2) is 83.8 Å². The van der Waals surface area contributed by atoms with E-state index in [1.54, 1.807) is 30.3 Å². The highest BCUT2D eigenvalue weighted by Crippen LogP contribution is 2.27. The Hall–Kier alpha value is -3.56. The minimum absolute atomic E-state index is 0.00959. The zero-order valence-corrected chi connectivity index (χ0v) is 24.6. The molecule has 3 aromatic rings. The zero-order chi connectivity index (χ0) is 29.1.